The summed E-state index contributed by atoms with van der Waals surface area (Å²) < 4.78 is 5.56. The van der Waals surface area contributed by atoms with Crippen LogP contribution in [0.5, 0.6) is 0 Å². The van der Waals surface area contributed by atoms with Crippen LogP contribution in [0.25, 0.3) is 0 Å². The fourth-order valence-corrected chi connectivity index (χ4v) is 3.92. The number of nitrogens with zero attached hydrogens (tertiary/aromatic N) is 1. The van der Waals surface area contributed by atoms with Gasteiger partial charge in [0.05, 0.1) is 0 Å². The second-order valence-corrected chi connectivity index (χ2v) is 7.28. The zero-order valence-corrected chi connectivity index (χ0v) is 14.5. The molecule has 7 nitrogen and oxygen atoms in total. The van der Waals surface area contributed by atoms with Gasteiger partial charge in [-0.15, -0.1) is 0 Å². The molecule has 1 aliphatic carbocycles. The van der Waals surface area contributed by atoms with E-state index in [-0.39, 0.29) is 17.3 Å². The Balaban J connectivity index is 1.77. The van der Waals surface area contributed by atoms with Crippen molar-refractivity contribution in [2.75, 3.05) is 11.1 Å². The zero-order valence-electron chi connectivity index (χ0n) is 12.1. The molecule has 9 heteroatoms. The monoisotopic (exact) mass is 398 g/mol. The molecular formula is C14H15BrN4O3S. The number of anilines is 2. The topological polar surface area (TPSA) is 114 Å². The molecule has 0 atom stereocenters. The highest BCUT2D eigenvalue weighted by molar-refractivity contribution is 9.10. The smallest absolute Gasteiger partial charge is 0.291 e. The SMILES string of the molecule is Nc1nc(SC2CCCC2)[nH]c(=O)c1NC(=O)c1ccc(Br)o1. The maximum atomic E-state index is 12.2. The Bertz CT molecular complexity index is 783. The van der Waals surface area contributed by atoms with Gasteiger partial charge < -0.3 is 15.5 Å². The van der Waals surface area contributed by atoms with Gasteiger partial charge in [0, 0.05) is 5.25 Å². The average Bonchev–Trinajstić information content (AvgIpc) is 3.14. The van der Waals surface area contributed by atoms with E-state index in [0.29, 0.717) is 15.1 Å². The summed E-state index contributed by atoms with van der Waals surface area (Å²) >= 11 is 4.63. The van der Waals surface area contributed by atoms with E-state index in [9.17, 15) is 9.59 Å². The van der Waals surface area contributed by atoms with Gasteiger partial charge in [-0.3, -0.25) is 14.6 Å². The van der Waals surface area contributed by atoms with Crippen molar-refractivity contribution in [1.29, 1.82) is 0 Å². The number of furan rings is 1. The number of halogens is 1. The second kappa shape index (κ2) is 6.79. The third-order valence-corrected chi connectivity index (χ3v) is 5.19. The van der Waals surface area contributed by atoms with Crippen molar-refractivity contribution in [3.8, 4) is 0 Å². The van der Waals surface area contributed by atoms with E-state index < -0.39 is 11.5 Å². The molecular weight excluding hydrogens is 384 g/mol. The van der Waals surface area contributed by atoms with Gasteiger partial charge in [-0.1, -0.05) is 24.6 Å². The van der Waals surface area contributed by atoms with Gasteiger partial charge in [0.15, 0.2) is 27.1 Å². The van der Waals surface area contributed by atoms with Crippen LogP contribution in [0.2, 0.25) is 0 Å². The van der Waals surface area contributed by atoms with Crippen LogP contribution in [0.15, 0.2) is 31.2 Å². The van der Waals surface area contributed by atoms with E-state index in [1.54, 1.807) is 6.07 Å². The first kappa shape index (κ1) is 16.1. The number of carbonyl (C=O) groups excluding carboxylic acids is 1. The lowest BCUT2D eigenvalue weighted by Crippen LogP contribution is -2.23. The molecule has 0 aromatic carbocycles. The Kier molecular flexibility index (Phi) is 4.76. The van der Waals surface area contributed by atoms with E-state index in [0.717, 1.165) is 12.8 Å². The third-order valence-electron chi connectivity index (χ3n) is 3.54. The first-order chi connectivity index (χ1) is 11.0. The predicted molar refractivity (Wildman–Crippen MR) is 91.7 cm³/mol. The average molecular weight is 399 g/mol. The second-order valence-electron chi connectivity index (χ2n) is 5.21. The Hall–Kier alpha value is -1.74. The molecule has 23 heavy (non-hydrogen) atoms. The lowest BCUT2D eigenvalue weighted by atomic mass is 10.4. The quantitative estimate of drug-likeness (QED) is 0.681. The van der Waals surface area contributed by atoms with Crippen LogP contribution in [0.4, 0.5) is 11.5 Å². The van der Waals surface area contributed by atoms with Crippen molar-refractivity contribution >= 4 is 45.1 Å². The lowest BCUT2D eigenvalue weighted by molar-refractivity contribution is 0.0995. The van der Waals surface area contributed by atoms with Crippen molar-refractivity contribution in [3.05, 3.63) is 32.9 Å². The van der Waals surface area contributed by atoms with E-state index in [4.69, 9.17) is 10.2 Å². The minimum Gasteiger partial charge on any atom is -0.444 e. The minimum atomic E-state index is -0.564. The fourth-order valence-electron chi connectivity index (χ4n) is 2.42. The van der Waals surface area contributed by atoms with Gasteiger partial charge in [-0.05, 0) is 40.9 Å². The summed E-state index contributed by atoms with van der Waals surface area (Å²) in [5.74, 6) is -0.501. The molecule has 0 bridgehead atoms. The van der Waals surface area contributed by atoms with Crippen LogP contribution in [0.1, 0.15) is 36.2 Å². The van der Waals surface area contributed by atoms with Crippen molar-refractivity contribution < 1.29 is 9.21 Å². The summed E-state index contributed by atoms with van der Waals surface area (Å²) in [6, 6.07) is 3.07. The Morgan fingerprint density at radius 3 is 2.78 bits per heavy atom. The molecule has 122 valence electrons. The van der Waals surface area contributed by atoms with Gasteiger partial charge in [-0.2, -0.15) is 0 Å². The summed E-state index contributed by atoms with van der Waals surface area (Å²) in [7, 11) is 0. The standard InChI is InChI=1S/C14H15BrN4O3S/c15-9-6-5-8(22-9)12(20)17-10-11(16)18-14(19-13(10)21)23-7-3-1-2-4-7/h5-7H,1-4H2,(H,17,20)(H3,16,18,19,21). The molecule has 1 amide bonds. The predicted octanol–water partition coefficient (Wildman–Crippen LogP) is 2.99. The van der Waals surface area contributed by atoms with E-state index in [1.165, 1.54) is 30.7 Å². The summed E-state index contributed by atoms with van der Waals surface area (Å²) in [6.45, 7) is 0. The van der Waals surface area contributed by atoms with Crippen molar-refractivity contribution in [2.45, 2.75) is 36.1 Å². The van der Waals surface area contributed by atoms with Crippen LogP contribution in [0.3, 0.4) is 0 Å². The van der Waals surface area contributed by atoms with E-state index in [1.807, 2.05) is 0 Å². The number of amides is 1. The fraction of sp³-hybridized carbons (Fsp3) is 0.357. The Morgan fingerprint density at radius 1 is 1.43 bits per heavy atom. The summed E-state index contributed by atoms with van der Waals surface area (Å²) in [6.07, 6.45) is 4.62. The lowest BCUT2D eigenvalue weighted by Gasteiger charge is -2.10. The third kappa shape index (κ3) is 3.78. The van der Waals surface area contributed by atoms with Crippen LogP contribution < -0.4 is 16.6 Å². The van der Waals surface area contributed by atoms with Gasteiger partial charge in [0.1, 0.15) is 0 Å². The number of rotatable bonds is 4. The highest BCUT2D eigenvalue weighted by Crippen LogP contribution is 2.33. The Labute approximate surface area is 144 Å². The van der Waals surface area contributed by atoms with E-state index >= 15 is 0 Å². The van der Waals surface area contributed by atoms with Gasteiger partial charge in [0.2, 0.25) is 0 Å². The molecule has 1 fully saturated rings. The molecule has 1 aliphatic rings. The van der Waals surface area contributed by atoms with Crippen LogP contribution in [-0.2, 0) is 0 Å². The molecule has 0 radical (unpaired) electrons. The molecule has 3 rings (SSSR count). The number of hydrogen-bond acceptors (Lipinski definition) is 6. The number of nitrogens with one attached hydrogen (secondary N) is 2. The minimum absolute atomic E-state index is 0.00628. The molecule has 0 spiro atoms. The van der Waals surface area contributed by atoms with Crippen molar-refractivity contribution in [2.24, 2.45) is 0 Å². The molecule has 2 aromatic rings. The summed E-state index contributed by atoms with van der Waals surface area (Å²) in [5.41, 5.74) is 5.28. The number of carbonyl (C=O) groups is 1. The highest BCUT2D eigenvalue weighted by atomic mass is 79.9. The maximum Gasteiger partial charge on any atom is 0.291 e. The first-order valence-electron chi connectivity index (χ1n) is 7.16. The first-order valence-corrected chi connectivity index (χ1v) is 8.83. The molecule has 0 unspecified atom stereocenters. The highest BCUT2D eigenvalue weighted by Gasteiger charge is 2.20. The van der Waals surface area contributed by atoms with Crippen molar-refractivity contribution in [1.82, 2.24) is 9.97 Å². The van der Waals surface area contributed by atoms with Crippen LogP contribution in [0, 0.1) is 0 Å². The number of aromatic nitrogens is 2. The van der Waals surface area contributed by atoms with Crippen LogP contribution in [-0.4, -0.2) is 21.1 Å². The zero-order chi connectivity index (χ0) is 16.4. The van der Waals surface area contributed by atoms with Gasteiger partial charge >= 0.3 is 0 Å². The number of nitrogen functional groups attached to an aromatic ring is 1. The number of thioether (sulfide) groups is 1. The van der Waals surface area contributed by atoms with Crippen molar-refractivity contribution in [3.63, 3.8) is 0 Å². The molecule has 4 N–H and O–H groups in total. The Morgan fingerprint density at radius 2 is 2.17 bits per heavy atom. The largest absolute Gasteiger partial charge is 0.444 e. The normalized spacial score (nSPS) is 15.0. The number of nitrogens with two attached hydrogens (primary N) is 1. The molecule has 1 saturated carbocycles. The summed E-state index contributed by atoms with van der Waals surface area (Å²) in [5, 5.41) is 3.38. The maximum absolute atomic E-state index is 12.2. The van der Waals surface area contributed by atoms with Gasteiger partial charge in [-0.25, -0.2) is 4.98 Å². The van der Waals surface area contributed by atoms with Crippen LogP contribution >= 0.6 is 27.7 Å². The molecule has 2 heterocycles. The summed E-state index contributed by atoms with van der Waals surface area (Å²) in [4.78, 5) is 31.0. The number of hydrogen-bond donors (Lipinski definition) is 3. The molecule has 0 aliphatic heterocycles. The molecule has 0 saturated heterocycles. The number of aromatic amines is 1. The number of H-pyrrole nitrogens is 1. The van der Waals surface area contributed by atoms with E-state index in [2.05, 4.69) is 31.2 Å². The molecule has 2 aromatic heterocycles. The van der Waals surface area contributed by atoms with Gasteiger partial charge in [0.25, 0.3) is 11.5 Å².